The number of hydrogen-bond donors (Lipinski definition) is 1. The third-order valence-corrected chi connectivity index (χ3v) is 4.38. The molecule has 0 saturated carbocycles. The van der Waals surface area contributed by atoms with Crippen LogP contribution >= 0.6 is 0 Å². The van der Waals surface area contributed by atoms with E-state index in [4.69, 9.17) is 0 Å². The number of nitrogens with zero attached hydrogens (tertiary/aromatic N) is 1. The van der Waals surface area contributed by atoms with Gasteiger partial charge in [0, 0.05) is 12.8 Å². The fraction of sp³-hybridized carbons (Fsp3) is 0.500. The van der Waals surface area contributed by atoms with Crippen LogP contribution in [0, 0.1) is 6.92 Å². The highest BCUT2D eigenvalue weighted by Gasteiger charge is 2.13. The van der Waals surface area contributed by atoms with Gasteiger partial charge in [0.25, 0.3) is 0 Å². The van der Waals surface area contributed by atoms with Crippen molar-refractivity contribution < 1.29 is 9.32 Å². The number of phenols is 1. The normalized spacial score (nSPS) is 14.4. The zero-order valence-electron chi connectivity index (χ0n) is 10.1. The second-order valence-corrected chi connectivity index (χ2v) is 6.20. The molecule has 0 bridgehead atoms. The first kappa shape index (κ1) is 13.0. The molecule has 0 aromatic heterocycles. The quantitative estimate of drug-likeness (QED) is 0.824. The smallest absolute Gasteiger partial charge is 0.132 e. The Bertz CT molecular complexity index is 454. The predicted octanol–water partition coefficient (Wildman–Crippen LogP) is 2.96. The Balaban J connectivity index is 3.17. The van der Waals surface area contributed by atoms with Crippen LogP contribution in [-0.4, -0.2) is 22.1 Å². The zero-order chi connectivity index (χ0) is 12.2. The molecule has 0 spiro atoms. The van der Waals surface area contributed by atoms with Crippen molar-refractivity contribution in [3.63, 3.8) is 0 Å². The van der Waals surface area contributed by atoms with Crippen molar-refractivity contribution in [2.24, 2.45) is 4.36 Å². The molecule has 0 aliphatic heterocycles. The first-order valence-electron chi connectivity index (χ1n) is 5.45. The second-order valence-electron chi connectivity index (χ2n) is 3.93. The van der Waals surface area contributed by atoms with Crippen LogP contribution in [0.4, 0.5) is 0 Å². The molecule has 0 aliphatic rings. The monoisotopic (exact) mass is 241 g/mol. The number of aromatic hydroxyl groups is 1. The van der Waals surface area contributed by atoms with Crippen LogP contribution in [0.5, 0.6) is 5.75 Å². The minimum absolute atomic E-state index is 0.0766. The molecule has 0 saturated heterocycles. The van der Waals surface area contributed by atoms with E-state index in [1.807, 2.05) is 13.0 Å². The summed E-state index contributed by atoms with van der Waals surface area (Å²) < 4.78 is 16.6. The van der Waals surface area contributed by atoms with E-state index in [-0.39, 0.29) is 5.75 Å². The van der Waals surface area contributed by atoms with E-state index in [0.29, 0.717) is 11.4 Å². The van der Waals surface area contributed by atoms with Crippen molar-refractivity contribution in [2.45, 2.75) is 31.6 Å². The van der Waals surface area contributed by atoms with Crippen LogP contribution in [0.3, 0.4) is 0 Å². The molecular weight excluding hydrogens is 222 g/mol. The molecule has 90 valence electrons. The van der Waals surface area contributed by atoms with Gasteiger partial charge in [-0.15, -0.1) is 0 Å². The summed E-state index contributed by atoms with van der Waals surface area (Å²) in [5.74, 6) is 0.0766. The summed E-state index contributed by atoms with van der Waals surface area (Å²) >= 11 is 0. The Morgan fingerprint density at radius 2 is 2.12 bits per heavy atom. The molecular formula is C12H19NO2S. The highest BCUT2D eigenvalue weighted by atomic mass is 32.2. The molecule has 0 heterocycles. The van der Waals surface area contributed by atoms with Crippen molar-refractivity contribution >= 4 is 9.73 Å². The Morgan fingerprint density at radius 1 is 1.44 bits per heavy atom. The van der Waals surface area contributed by atoms with E-state index in [1.165, 1.54) is 0 Å². The van der Waals surface area contributed by atoms with Gasteiger partial charge in [0.05, 0.1) is 14.6 Å². The number of unbranched alkanes of at least 4 members (excludes halogenated alkanes) is 1. The summed E-state index contributed by atoms with van der Waals surface area (Å²) in [7, 11) is -2.47. The molecule has 1 aromatic carbocycles. The average Bonchev–Trinajstić information content (AvgIpc) is 2.17. The maximum absolute atomic E-state index is 12.4. The van der Waals surface area contributed by atoms with Crippen LogP contribution in [0.1, 0.15) is 25.3 Å². The van der Waals surface area contributed by atoms with E-state index in [2.05, 4.69) is 11.3 Å². The minimum atomic E-state index is -2.47. The maximum Gasteiger partial charge on any atom is 0.132 e. The minimum Gasteiger partial charge on any atom is -0.507 e. The Labute approximate surface area is 97.7 Å². The van der Waals surface area contributed by atoms with E-state index in [0.717, 1.165) is 18.4 Å². The van der Waals surface area contributed by atoms with Gasteiger partial charge < -0.3 is 5.11 Å². The maximum atomic E-state index is 12.4. The molecule has 1 rings (SSSR count). The summed E-state index contributed by atoms with van der Waals surface area (Å²) in [4.78, 5) is 0.478. The van der Waals surface area contributed by atoms with Crippen molar-refractivity contribution in [1.82, 2.24) is 0 Å². The molecule has 1 aromatic rings. The van der Waals surface area contributed by atoms with Gasteiger partial charge >= 0.3 is 0 Å². The van der Waals surface area contributed by atoms with Crippen LogP contribution in [0.25, 0.3) is 0 Å². The average molecular weight is 241 g/mol. The predicted molar refractivity (Wildman–Crippen MR) is 67.4 cm³/mol. The van der Waals surface area contributed by atoms with Gasteiger partial charge in [0.2, 0.25) is 0 Å². The number of aryl methyl sites for hydroxylation is 1. The first-order chi connectivity index (χ1) is 7.49. The highest BCUT2D eigenvalue weighted by molar-refractivity contribution is 7.93. The molecule has 0 aliphatic carbocycles. The van der Waals surface area contributed by atoms with Gasteiger partial charge in [-0.05, 0) is 25.0 Å². The van der Waals surface area contributed by atoms with E-state index in [1.54, 1.807) is 18.4 Å². The Kier molecular flexibility index (Phi) is 4.35. The fourth-order valence-electron chi connectivity index (χ4n) is 1.59. The Morgan fingerprint density at radius 3 is 2.69 bits per heavy atom. The van der Waals surface area contributed by atoms with Gasteiger partial charge in [-0.3, -0.25) is 0 Å². The van der Waals surface area contributed by atoms with Crippen LogP contribution < -0.4 is 0 Å². The van der Waals surface area contributed by atoms with Gasteiger partial charge in [-0.1, -0.05) is 25.5 Å². The van der Waals surface area contributed by atoms with Crippen LogP contribution in [-0.2, 0) is 9.73 Å². The lowest BCUT2D eigenvalue weighted by Crippen LogP contribution is -2.02. The lowest BCUT2D eigenvalue weighted by Gasteiger charge is -2.10. The standard InChI is InChI=1S/C12H19NO2S/c1-4-5-9-13-16(3,15)12-10(2)7-6-8-11(12)14/h6-8,14H,4-5,9H2,1-3H3. The summed E-state index contributed by atoms with van der Waals surface area (Å²) in [5, 5.41) is 9.74. The lowest BCUT2D eigenvalue weighted by molar-refractivity contribution is 0.460. The zero-order valence-corrected chi connectivity index (χ0v) is 10.9. The van der Waals surface area contributed by atoms with E-state index >= 15 is 0 Å². The van der Waals surface area contributed by atoms with Crippen molar-refractivity contribution in [3.05, 3.63) is 23.8 Å². The first-order valence-corrected chi connectivity index (χ1v) is 7.38. The topological polar surface area (TPSA) is 49.7 Å². The van der Waals surface area contributed by atoms with Crippen molar-refractivity contribution in [1.29, 1.82) is 0 Å². The third kappa shape index (κ3) is 2.98. The van der Waals surface area contributed by atoms with Gasteiger partial charge in [0.1, 0.15) is 5.75 Å². The van der Waals surface area contributed by atoms with Crippen LogP contribution in [0.15, 0.2) is 27.5 Å². The van der Waals surface area contributed by atoms with Crippen LogP contribution in [0.2, 0.25) is 0 Å². The fourth-order valence-corrected chi connectivity index (χ4v) is 3.32. The lowest BCUT2D eigenvalue weighted by atomic mass is 10.2. The molecule has 1 N–H and O–H groups in total. The molecule has 1 atom stereocenters. The third-order valence-electron chi connectivity index (χ3n) is 2.42. The number of rotatable bonds is 4. The summed E-state index contributed by atoms with van der Waals surface area (Å²) in [6.45, 7) is 4.49. The summed E-state index contributed by atoms with van der Waals surface area (Å²) in [6.07, 6.45) is 3.54. The molecule has 0 radical (unpaired) electrons. The van der Waals surface area contributed by atoms with Gasteiger partial charge in [-0.25, -0.2) is 8.57 Å². The van der Waals surface area contributed by atoms with E-state index < -0.39 is 9.73 Å². The molecule has 3 nitrogen and oxygen atoms in total. The van der Waals surface area contributed by atoms with Gasteiger partial charge in [-0.2, -0.15) is 0 Å². The largest absolute Gasteiger partial charge is 0.507 e. The van der Waals surface area contributed by atoms with E-state index in [9.17, 15) is 9.32 Å². The molecule has 1 unspecified atom stereocenters. The number of hydrogen-bond acceptors (Lipinski definition) is 3. The highest BCUT2D eigenvalue weighted by Crippen LogP contribution is 2.27. The van der Waals surface area contributed by atoms with Crippen molar-refractivity contribution in [2.75, 3.05) is 12.8 Å². The van der Waals surface area contributed by atoms with Crippen molar-refractivity contribution in [3.8, 4) is 5.75 Å². The molecule has 4 heteroatoms. The van der Waals surface area contributed by atoms with Gasteiger partial charge in [0.15, 0.2) is 0 Å². The summed E-state index contributed by atoms with van der Waals surface area (Å²) in [6, 6.07) is 5.14. The number of phenolic OH excluding ortho intramolecular Hbond substituents is 1. The Hall–Kier alpha value is -1.03. The number of benzene rings is 1. The second kappa shape index (κ2) is 5.34. The molecule has 0 fully saturated rings. The molecule has 16 heavy (non-hydrogen) atoms. The molecule has 0 amide bonds. The SMILES string of the molecule is CCCCN=S(C)(=O)c1c(C)cccc1O. The summed E-state index contributed by atoms with van der Waals surface area (Å²) in [5.41, 5.74) is 0.827.